The summed E-state index contributed by atoms with van der Waals surface area (Å²) in [6.45, 7) is 3.93. The molecule has 5 heterocycles. The second kappa shape index (κ2) is 10.3. The van der Waals surface area contributed by atoms with Gasteiger partial charge in [0.1, 0.15) is 11.8 Å². The molecule has 1 saturated heterocycles. The van der Waals surface area contributed by atoms with Crippen LogP contribution in [-0.2, 0) is 14.2 Å². The van der Waals surface area contributed by atoms with Crippen LogP contribution in [0.1, 0.15) is 42.7 Å². The Morgan fingerprint density at radius 1 is 1.16 bits per heavy atom. The van der Waals surface area contributed by atoms with Gasteiger partial charge in [-0.2, -0.15) is 5.10 Å². The fourth-order valence-corrected chi connectivity index (χ4v) is 5.52. The molecular formula is C27H33N7O4. The van der Waals surface area contributed by atoms with Crippen molar-refractivity contribution in [1.29, 1.82) is 0 Å². The highest BCUT2D eigenvalue weighted by Gasteiger charge is 2.33. The van der Waals surface area contributed by atoms with Gasteiger partial charge in [-0.15, -0.1) is 0 Å². The minimum absolute atomic E-state index is 0.00766. The van der Waals surface area contributed by atoms with E-state index in [9.17, 15) is 4.79 Å². The number of fused-ring (bicyclic) bond motifs is 2. The smallest absolute Gasteiger partial charge is 0.271 e. The van der Waals surface area contributed by atoms with Crippen LogP contribution in [0.3, 0.4) is 0 Å². The lowest BCUT2D eigenvalue weighted by atomic mass is 9.89. The minimum Gasteiger partial charge on any atom is -0.382 e. The number of aromatic nitrogens is 5. The van der Waals surface area contributed by atoms with Gasteiger partial charge < -0.3 is 29.4 Å². The summed E-state index contributed by atoms with van der Waals surface area (Å²) in [4.78, 5) is 22.5. The predicted molar refractivity (Wildman–Crippen MR) is 142 cm³/mol. The van der Waals surface area contributed by atoms with E-state index in [2.05, 4.69) is 32.4 Å². The molecule has 1 aliphatic heterocycles. The van der Waals surface area contributed by atoms with Crippen LogP contribution in [0, 0.1) is 0 Å². The predicted octanol–water partition coefficient (Wildman–Crippen LogP) is 3.06. The van der Waals surface area contributed by atoms with Crippen LogP contribution in [0.15, 0.2) is 36.8 Å². The van der Waals surface area contributed by atoms with Crippen molar-refractivity contribution in [3.63, 3.8) is 0 Å². The second-order valence-corrected chi connectivity index (χ2v) is 9.81. The van der Waals surface area contributed by atoms with E-state index in [1.165, 1.54) is 0 Å². The topological polar surface area (TPSA) is 117 Å². The number of pyridine rings is 1. The maximum atomic E-state index is 13.3. The molecule has 2 aliphatic rings. The number of nitrogens with zero attached hydrogens (tertiary/aromatic N) is 5. The van der Waals surface area contributed by atoms with Gasteiger partial charge in [-0.05, 0) is 44.4 Å². The van der Waals surface area contributed by atoms with Crippen LogP contribution >= 0.6 is 0 Å². The SMILES string of the molecule is CCNc1cc(-c2cn([C@@H]3CCOC[C@H]3OC)c3ncccc23)nn2c(C(=O)NC3CC[C@H]3OC)cnc12. The molecule has 38 heavy (non-hydrogen) atoms. The Kier molecular flexibility index (Phi) is 6.73. The average Bonchev–Trinajstić information content (AvgIpc) is 3.54. The maximum Gasteiger partial charge on any atom is 0.271 e. The highest BCUT2D eigenvalue weighted by Crippen LogP contribution is 2.35. The van der Waals surface area contributed by atoms with Gasteiger partial charge in [0.2, 0.25) is 0 Å². The number of methoxy groups -OCH3 is 2. The number of hydrogen-bond donors (Lipinski definition) is 2. The molecule has 2 N–H and O–H groups in total. The molecule has 2 fully saturated rings. The maximum absolute atomic E-state index is 13.3. The second-order valence-electron chi connectivity index (χ2n) is 9.81. The Balaban J connectivity index is 1.46. The highest BCUT2D eigenvalue weighted by molar-refractivity contribution is 5.96. The highest BCUT2D eigenvalue weighted by atomic mass is 16.5. The molecule has 1 amide bonds. The molecule has 1 aliphatic carbocycles. The number of rotatable bonds is 8. The lowest BCUT2D eigenvalue weighted by Gasteiger charge is -2.35. The molecule has 0 spiro atoms. The lowest BCUT2D eigenvalue weighted by molar-refractivity contribution is -0.0592. The third kappa shape index (κ3) is 4.20. The average molecular weight is 520 g/mol. The van der Waals surface area contributed by atoms with Crippen LogP contribution in [0.25, 0.3) is 27.9 Å². The summed E-state index contributed by atoms with van der Waals surface area (Å²) in [6.07, 6.45) is 8.10. The van der Waals surface area contributed by atoms with Crippen molar-refractivity contribution in [2.45, 2.75) is 50.5 Å². The molecule has 0 aromatic carbocycles. The van der Waals surface area contributed by atoms with Crippen molar-refractivity contribution in [3.05, 3.63) is 42.5 Å². The van der Waals surface area contributed by atoms with E-state index in [1.807, 2.05) is 19.1 Å². The van der Waals surface area contributed by atoms with Crippen LogP contribution in [0.5, 0.6) is 0 Å². The zero-order valence-corrected chi connectivity index (χ0v) is 21.9. The number of amides is 1. The summed E-state index contributed by atoms with van der Waals surface area (Å²) in [5, 5.41) is 12.4. The lowest BCUT2D eigenvalue weighted by Crippen LogP contribution is -2.51. The molecule has 1 saturated carbocycles. The summed E-state index contributed by atoms with van der Waals surface area (Å²) < 4.78 is 20.7. The third-order valence-corrected chi connectivity index (χ3v) is 7.69. The van der Waals surface area contributed by atoms with E-state index in [0.29, 0.717) is 31.1 Å². The van der Waals surface area contributed by atoms with Crippen molar-refractivity contribution in [1.82, 2.24) is 29.5 Å². The number of hydrogen-bond acceptors (Lipinski definition) is 8. The van der Waals surface area contributed by atoms with Crippen molar-refractivity contribution in [2.24, 2.45) is 0 Å². The zero-order valence-electron chi connectivity index (χ0n) is 21.9. The first-order valence-corrected chi connectivity index (χ1v) is 13.2. The zero-order chi connectivity index (χ0) is 26.2. The summed E-state index contributed by atoms with van der Waals surface area (Å²) >= 11 is 0. The fourth-order valence-electron chi connectivity index (χ4n) is 5.52. The van der Waals surface area contributed by atoms with Crippen molar-refractivity contribution < 1.29 is 19.0 Å². The monoisotopic (exact) mass is 519 g/mol. The first-order chi connectivity index (χ1) is 18.6. The summed E-state index contributed by atoms with van der Waals surface area (Å²) in [5.41, 5.74) is 4.30. The molecule has 11 nitrogen and oxygen atoms in total. The van der Waals surface area contributed by atoms with Crippen LogP contribution < -0.4 is 10.6 Å². The Morgan fingerprint density at radius 3 is 2.79 bits per heavy atom. The molecule has 1 unspecified atom stereocenters. The summed E-state index contributed by atoms with van der Waals surface area (Å²) in [7, 11) is 3.39. The van der Waals surface area contributed by atoms with E-state index < -0.39 is 0 Å². The van der Waals surface area contributed by atoms with Gasteiger partial charge in [0.05, 0.1) is 42.4 Å². The van der Waals surface area contributed by atoms with Crippen molar-refractivity contribution >= 4 is 28.3 Å². The normalized spacial score (nSPS) is 23.4. The number of nitrogens with one attached hydrogen (secondary N) is 2. The molecule has 11 heteroatoms. The Hall–Kier alpha value is -3.54. The van der Waals surface area contributed by atoms with E-state index in [0.717, 1.165) is 47.2 Å². The first kappa shape index (κ1) is 24.8. The molecule has 4 aromatic rings. The molecule has 4 aromatic heterocycles. The van der Waals surface area contributed by atoms with Crippen molar-refractivity contribution in [3.8, 4) is 11.3 Å². The van der Waals surface area contributed by atoms with Crippen LogP contribution in [0.4, 0.5) is 5.69 Å². The fraction of sp³-hybridized carbons (Fsp3) is 0.481. The summed E-state index contributed by atoms with van der Waals surface area (Å²) in [6, 6.07) is 6.05. The van der Waals surface area contributed by atoms with E-state index >= 15 is 0 Å². The Bertz CT molecular complexity index is 1460. The molecule has 0 radical (unpaired) electrons. The minimum atomic E-state index is -0.217. The Morgan fingerprint density at radius 2 is 2.03 bits per heavy atom. The van der Waals surface area contributed by atoms with Gasteiger partial charge in [0.15, 0.2) is 11.3 Å². The number of carbonyl (C=O) groups excluding carboxylic acids is 1. The van der Waals surface area contributed by atoms with Gasteiger partial charge in [-0.25, -0.2) is 14.5 Å². The quantitative estimate of drug-likeness (QED) is 0.365. The van der Waals surface area contributed by atoms with Crippen LogP contribution in [0.2, 0.25) is 0 Å². The molecule has 4 atom stereocenters. The first-order valence-electron chi connectivity index (χ1n) is 13.2. The van der Waals surface area contributed by atoms with Gasteiger partial charge in [0.25, 0.3) is 5.91 Å². The van der Waals surface area contributed by atoms with E-state index in [1.54, 1.807) is 31.1 Å². The standard InChI is InChI=1S/C27H33N7O4/c1-4-28-20-12-19(32-34-22(13-30-26(20)34)27(35)31-18-7-8-23(18)36-2)17-14-33(25-16(17)6-5-10-29-25)21-9-11-38-15-24(21)37-3/h5-6,10,12-14,18,21,23-24,28H,4,7-9,11,15H2,1-3H3,(H,31,35)/t18?,21-,23-,24-/m1/s1. The van der Waals surface area contributed by atoms with E-state index in [4.69, 9.17) is 24.3 Å². The number of imidazole rings is 1. The van der Waals surface area contributed by atoms with E-state index in [-0.39, 0.29) is 30.2 Å². The Labute approximate surface area is 220 Å². The van der Waals surface area contributed by atoms with Gasteiger partial charge in [0, 0.05) is 50.7 Å². The van der Waals surface area contributed by atoms with Gasteiger partial charge >= 0.3 is 0 Å². The van der Waals surface area contributed by atoms with Crippen LogP contribution in [-0.4, -0.2) is 82.3 Å². The summed E-state index contributed by atoms with van der Waals surface area (Å²) in [5.74, 6) is -0.217. The molecular weight excluding hydrogens is 486 g/mol. The molecule has 200 valence electrons. The number of carbonyl (C=O) groups is 1. The molecule has 6 rings (SSSR count). The van der Waals surface area contributed by atoms with Gasteiger partial charge in [-0.1, -0.05) is 0 Å². The third-order valence-electron chi connectivity index (χ3n) is 7.69. The van der Waals surface area contributed by atoms with Crippen molar-refractivity contribution in [2.75, 3.05) is 39.3 Å². The number of anilines is 1. The molecule has 0 bridgehead atoms. The largest absolute Gasteiger partial charge is 0.382 e. The van der Waals surface area contributed by atoms with Gasteiger partial charge in [-0.3, -0.25) is 4.79 Å². The number of ether oxygens (including phenoxy) is 3.